The van der Waals surface area contributed by atoms with E-state index in [1.807, 2.05) is 13.8 Å². The van der Waals surface area contributed by atoms with Gasteiger partial charge in [0.1, 0.15) is 0 Å². The van der Waals surface area contributed by atoms with Gasteiger partial charge in [-0.1, -0.05) is 52.9 Å². The van der Waals surface area contributed by atoms with Crippen LogP contribution in [0.25, 0.3) is 0 Å². The topological polar surface area (TPSA) is 52.6 Å². The molecule has 4 nitrogen and oxygen atoms in total. The third-order valence-corrected chi connectivity index (χ3v) is 3.64. The summed E-state index contributed by atoms with van der Waals surface area (Å²) in [5.74, 6) is -0.411. The lowest BCUT2D eigenvalue weighted by molar-refractivity contribution is 0.0454. The Labute approximate surface area is 145 Å². The van der Waals surface area contributed by atoms with Crippen LogP contribution in [0.4, 0.5) is 0 Å². The highest BCUT2D eigenvalue weighted by Crippen LogP contribution is 2.10. The summed E-state index contributed by atoms with van der Waals surface area (Å²) in [6.07, 6.45) is 6.93. The Morgan fingerprint density at radius 1 is 0.833 bits per heavy atom. The van der Waals surface area contributed by atoms with Crippen molar-refractivity contribution in [3.05, 3.63) is 35.4 Å². The summed E-state index contributed by atoms with van der Waals surface area (Å²) in [5, 5.41) is 0. The largest absolute Gasteiger partial charge is 0.462 e. The smallest absolute Gasteiger partial charge is 0.338 e. The van der Waals surface area contributed by atoms with Crippen molar-refractivity contribution in [1.29, 1.82) is 0 Å². The maximum Gasteiger partial charge on any atom is 0.338 e. The van der Waals surface area contributed by atoms with Crippen LogP contribution in [0.5, 0.6) is 0 Å². The van der Waals surface area contributed by atoms with Crippen LogP contribution >= 0.6 is 0 Å². The summed E-state index contributed by atoms with van der Waals surface area (Å²) in [7, 11) is 0. The minimum atomic E-state index is -0.365. The molecule has 0 aromatic heterocycles. The molecule has 0 aliphatic rings. The first-order valence-electron chi connectivity index (χ1n) is 8.99. The summed E-state index contributed by atoms with van der Waals surface area (Å²) in [5.41, 5.74) is 0.907. The molecule has 0 spiro atoms. The molecule has 24 heavy (non-hydrogen) atoms. The first kappa shape index (κ1) is 20.2. The average molecular weight is 334 g/mol. The van der Waals surface area contributed by atoms with Gasteiger partial charge in [-0.2, -0.15) is 0 Å². The Balaban J connectivity index is 2.31. The van der Waals surface area contributed by atoms with Gasteiger partial charge in [0.15, 0.2) is 0 Å². The van der Waals surface area contributed by atoms with E-state index in [1.165, 1.54) is 25.7 Å². The molecule has 0 aliphatic carbocycles. The van der Waals surface area contributed by atoms with E-state index in [-0.39, 0.29) is 11.9 Å². The molecule has 0 heterocycles. The number of esters is 2. The van der Waals surface area contributed by atoms with E-state index < -0.39 is 0 Å². The number of rotatable bonds is 11. The third kappa shape index (κ3) is 8.14. The standard InChI is InChI=1S/C20H30O4/c1-4-5-6-7-8-9-14-23-19(21)17-10-12-18(13-11-17)20(22)24-15-16(2)3/h10-13,16H,4-9,14-15H2,1-3H3. The summed E-state index contributed by atoms with van der Waals surface area (Å²) in [6.45, 7) is 6.99. The highest BCUT2D eigenvalue weighted by molar-refractivity contribution is 5.93. The number of benzene rings is 1. The Kier molecular flexibility index (Phi) is 9.81. The number of hydrogen-bond acceptors (Lipinski definition) is 4. The van der Waals surface area contributed by atoms with Crippen molar-refractivity contribution >= 4 is 11.9 Å². The third-order valence-electron chi connectivity index (χ3n) is 3.64. The lowest BCUT2D eigenvalue weighted by Crippen LogP contribution is -2.11. The second-order valence-electron chi connectivity index (χ2n) is 6.47. The molecule has 4 heteroatoms. The van der Waals surface area contributed by atoms with Crippen molar-refractivity contribution in [2.24, 2.45) is 5.92 Å². The van der Waals surface area contributed by atoms with Gasteiger partial charge in [0.05, 0.1) is 24.3 Å². The van der Waals surface area contributed by atoms with E-state index in [9.17, 15) is 9.59 Å². The minimum absolute atomic E-state index is 0.296. The molecule has 0 radical (unpaired) electrons. The highest BCUT2D eigenvalue weighted by Gasteiger charge is 2.11. The quantitative estimate of drug-likeness (QED) is 0.421. The fourth-order valence-corrected chi connectivity index (χ4v) is 2.20. The summed E-state index contributed by atoms with van der Waals surface area (Å²) in [4.78, 5) is 23.7. The van der Waals surface area contributed by atoms with Crippen LogP contribution in [0, 0.1) is 5.92 Å². The molecular weight excluding hydrogens is 304 g/mol. The van der Waals surface area contributed by atoms with E-state index >= 15 is 0 Å². The van der Waals surface area contributed by atoms with E-state index in [2.05, 4.69) is 6.92 Å². The van der Waals surface area contributed by atoms with Crippen LogP contribution in [0.15, 0.2) is 24.3 Å². The molecule has 0 N–H and O–H groups in total. The summed E-state index contributed by atoms with van der Waals surface area (Å²) in [6, 6.07) is 6.42. The van der Waals surface area contributed by atoms with Crippen molar-refractivity contribution in [2.45, 2.75) is 59.3 Å². The van der Waals surface area contributed by atoms with Gasteiger partial charge in [-0.05, 0) is 36.6 Å². The number of carbonyl (C=O) groups excluding carboxylic acids is 2. The van der Waals surface area contributed by atoms with Crippen LogP contribution < -0.4 is 0 Å². The van der Waals surface area contributed by atoms with Gasteiger partial charge in [-0.15, -0.1) is 0 Å². The number of carbonyl (C=O) groups is 2. The second kappa shape index (κ2) is 11.7. The summed E-state index contributed by atoms with van der Waals surface area (Å²) < 4.78 is 10.4. The minimum Gasteiger partial charge on any atom is -0.462 e. The number of unbranched alkanes of at least 4 members (excludes halogenated alkanes) is 5. The SMILES string of the molecule is CCCCCCCCOC(=O)c1ccc(C(=O)OCC(C)C)cc1. The molecule has 1 aromatic rings. The van der Waals surface area contributed by atoms with Gasteiger partial charge < -0.3 is 9.47 Å². The van der Waals surface area contributed by atoms with Crippen LogP contribution in [0.2, 0.25) is 0 Å². The predicted molar refractivity (Wildman–Crippen MR) is 95.2 cm³/mol. The van der Waals surface area contributed by atoms with E-state index in [0.29, 0.717) is 30.3 Å². The molecule has 0 atom stereocenters. The second-order valence-corrected chi connectivity index (χ2v) is 6.47. The van der Waals surface area contributed by atoms with Gasteiger partial charge in [0.2, 0.25) is 0 Å². The van der Waals surface area contributed by atoms with Crippen molar-refractivity contribution in [3.8, 4) is 0 Å². The zero-order valence-corrected chi connectivity index (χ0v) is 15.2. The average Bonchev–Trinajstić information content (AvgIpc) is 2.58. The molecule has 0 saturated carbocycles. The molecule has 0 unspecified atom stereocenters. The predicted octanol–water partition coefficient (Wildman–Crippen LogP) is 5.02. The monoisotopic (exact) mass is 334 g/mol. The van der Waals surface area contributed by atoms with Crippen LogP contribution in [-0.2, 0) is 9.47 Å². The fourth-order valence-electron chi connectivity index (χ4n) is 2.20. The Morgan fingerprint density at radius 2 is 1.33 bits per heavy atom. The first-order valence-corrected chi connectivity index (χ1v) is 8.99. The molecule has 0 bridgehead atoms. The normalized spacial score (nSPS) is 10.7. The molecule has 0 aliphatic heterocycles. The van der Waals surface area contributed by atoms with Gasteiger partial charge >= 0.3 is 11.9 Å². The number of ether oxygens (including phenoxy) is 2. The van der Waals surface area contributed by atoms with Gasteiger partial charge in [0.25, 0.3) is 0 Å². The van der Waals surface area contributed by atoms with Gasteiger partial charge in [0, 0.05) is 0 Å². The van der Waals surface area contributed by atoms with Crippen molar-refractivity contribution < 1.29 is 19.1 Å². The van der Waals surface area contributed by atoms with Crippen molar-refractivity contribution in [3.63, 3.8) is 0 Å². The fraction of sp³-hybridized carbons (Fsp3) is 0.600. The first-order chi connectivity index (χ1) is 11.5. The Bertz CT molecular complexity index is 491. The Hall–Kier alpha value is -1.84. The lowest BCUT2D eigenvalue weighted by Gasteiger charge is -2.08. The maximum atomic E-state index is 11.9. The maximum absolute atomic E-state index is 11.9. The van der Waals surface area contributed by atoms with Crippen molar-refractivity contribution in [2.75, 3.05) is 13.2 Å². The molecular formula is C20H30O4. The van der Waals surface area contributed by atoms with E-state index in [4.69, 9.17) is 9.47 Å². The highest BCUT2D eigenvalue weighted by atomic mass is 16.5. The molecule has 0 saturated heterocycles. The molecule has 1 rings (SSSR count). The molecule has 0 fully saturated rings. The molecule has 0 amide bonds. The molecule has 1 aromatic carbocycles. The number of hydrogen-bond donors (Lipinski definition) is 0. The van der Waals surface area contributed by atoms with Gasteiger partial charge in [-0.3, -0.25) is 0 Å². The van der Waals surface area contributed by atoms with Crippen LogP contribution in [0.3, 0.4) is 0 Å². The van der Waals surface area contributed by atoms with Crippen LogP contribution in [0.1, 0.15) is 80.0 Å². The van der Waals surface area contributed by atoms with E-state index in [0.717, 1.165) is 12.8 Å². The van der Waals surface area contributed by atoms with Crippen LogP contribution in [-0.4, -0.2) is 25.2 Å². The van der Waals surface area contributed by atoms with Crippen molar-refractivity contribution in [1.82, 2.24) is 0 Å². The zero-order chi connectivity index (χ0) is 17.8. The van der Waals surface area contributed by atoms with E-state index in [1.54, 1.807) is 24.3 Å². The molecule has 134 valence electrons. The Morgan fingerprint density at radius 3 is 1.88 bits per heavy atom. The van der Waals surface area contributed by atoms with Gasteiger partial charge in [-0.25, -0.2) is 9.59 Å². The zero-order valence-electron chi connectivity index (χ0n) is 15.2. The summed E-state index contributed by atoms with van der Waals surface area (Å²) >= 11 is 0. The lowest BCUT2D eigenvalue weighted by atomic mass is 10.1.